The van der Waals surface area contributed by atoms with Gasteiger partial charge >= 0.3 is 0 Å². The van der Waals surface area contributed by atoms with Crippen molar-refractivity contribution in [2.75, 3.05) is 11.5 Å². The molecule has 0 bridgehead atoms. The van der Waals surface area contributed by atoms with Crippen LogP contribution in [0.25, 0.3) is 0 Å². The van der Waals surface area contributed by atoms with E-state index in [2.05, 4.69) is 34.2 Å². The lowest BCUT2D eigenvalue weighted by Crippen LogP contribution is -1.93. The van der Waals surface area contributed by atoms with E-state index >= 15 is 0 Å². The molecule has 0 aromatic carbocycles. The van der Waals surface area contributed by atoms with Gasteiger partial charge in [0.2, 0.25) is 0 Å². The molecule has 104 valence electrons. The van der Waals surface area contributed by atoms with Crippen molar-refractivity contribution in [2.45, 2.75) is 12.8 Å². The Morgan fingerprint density at radius 2 is 1.05 bits per heavy atom. The van der Waals surface area contributed by atoms with Crippen LogP contribution < -0.4 is 0 Å². The quantitative estimate of drug-likeness (QED) is 0.757. The molecule has 0 atom stereocenters. The highest BCUT2D eigenvalue weighted by molar-refractivity contribution is 7.99. The zero-order valence-corrected chi connectivity index (χ0v) is 13.0. The molecule has 2 aromatic rings. The molecule has 0 unspecified atom stereocenters. The summed E-state index contributed by atoms with van der Waals surface area (Å²) in [5, 5.41) is 0. The smallest absolute Gasteiger partial charge is 0.0270 e. The zero-order chi connectivity index (χ0) is 11.8. The molecule has 0 aliphatic heterocycles. The molecule has 5 heteroatoms. The third-order valence-electron chi connectivity index (χ3n) is 2.57. The largest absolute Gasteiger partial charge is 0.265 e. The molecule has 2 heterocycles. The van der Waals surface area contributed by atoms with Crippen molar-refractivity contribution < 1.29 is 0 Å². The second-order valence-electron chi connectivity index (χ2n) is 3.82. The molecular formula is C14H18Cl2N2S. The summed E-state index contributed by atoms with van der Waals surface area (Å²) in [7, 11) is 0. The zero-order valence-electron chi connectivity index (χ0n) is 10.6. The maximum Gasteiger partial charge on any atom is 0.0270 e. The summed E-state index contributed by atoms with van der Waals surface area (Å²) in [6.45, 7) is 0. The van der Waals surface area contributed by atoms with Gasteiger partial charge in [-0.2, -0.15) is 11.8 Å². The number of aromatic nitrogens is 2. The lowest BCUT2D eigenvalue weighted by molar-refractivity contribution is 1.11. The molecule has 0 radical (unpaired) electrons. The molecule has 0 spiro atoms. The number of nitrogens with zero attached hydrogens (tertiary/aromatic N) is 2. The van der Waals surface area contributed by atoms with Crippen LogP contribution in [-0.2, 0) is 12.8 Å². The monoisotopic (exact) mass is 316 g/mol. The molecule has 0 N–H and O–H groups in total. The number of aryl methyl sites for hydroxylation is 2. The molecular weight excluding hydrogens is 299 g/mol. The molecule has 0 amide bonds. The van der Waals surface area contributed by atoms with Crippen LogP contribution in [0.1, 0.15) is 11.1 Å². The van der Waals surface area contributed by atoms with Gasteiger partial charge in [0.15, 0.2) is 0 Å². The van der Waals surface area contributed by atoms with Crippen molar-refractivity contribution >= 4 is 36.6 Å². The normalized spacial score (nSPS) is 9.26. The first-order valence-corrected chi connectivity index (χ1v) is 6.96. The highest BCUT2D eigenvalue weighted by Gasteiger charge is 1.95. The summed E-state index contributed by atoms with van der Waals surface area (Å²) in [4.78, 5) is 8.03. The van der Waals surface area contributed by atoms with Crippen LogP contribution in [0.5, 0.6) is 0 Å². The van der Waals surface area contributed by atoms with Crippen molar-refractivity contribution in [3.8, 4) is 0 Å². The summed E-state index contributed by atoms with van der Waals surface area (Å²) >= 11 is 2.00. The van der Waals surface area contributed by atoms with Crippen molar-refractivity contribution in [1.29, 1.82) is 0 Å². The molecule has 2 aromatic heterocycles. The Labute approximate surface area is 131 Å². The molecule has 0 saturated carbocycles. The first-order chi connectivity index (χ1) is 8.45. The second-order valence-corrected chi connectivity index (χ2v) is 5.05. The van der Waals surface area contributed by atoms with Crippen molar-refractivity contribution in [3.05, 3.63) is 60.2 Å². The summed E-state index contributed by atoms with van der Waals surface area (Å²) in [6.07, 6.45) is 9.69. The number of pyridine rings is 2. The van der Waals surface area contributed by atoms with Crippen molar-refractivity contribution in [2.24, 2.45) is 0 Å². The lowest BCUT2D eigenvalue weighted by Gasteiger charge is -2.02. The van der Waals surface area contributed by atoms with Gasteiger partial charge in [-0.05, 0) is 59.7 Å². The summed E-state index contributed by atoms with van der Waals surface area (Å²) in [6, 6.07) is 8.35. The van der Waals surface area contributed by atoms with Crippen LogP contribution in [-0.4, -0.2) is 21.5 Å². The first-order valence-electron chi connectivity index (χ1n) is 5.81. The van der Waals surface area contributed by atoms with Crippen LogP contribution in [0.15, 0.2) is 49.1 Å². The maximum absolute atomic E-state index is 4.02. The fourth-order valence-corrected chi connectivity index (χ4v) is 2.55. The Balaban J connectivity index is 0.00000162. The van der Waals surface area contributed by atoms with Gasteiger partial charge < -0.3 is 0 Å². The number of hydrogen-bond donors (Lipinski definition) is 0. The van der Waals surface area contributed by atoms with E-state index in [0.29, 0.717) is 0 Å². The van der Waals surface area contributed by atoms with Gasteiger partial charge in [-0.15, -0.1) is 24.8 Å². The Morgan fingerprint density at radius 3 is 1.42 bits per heavy atom. The lowest BCUT2D eigenvalue weighted by atomic mass is 10.2. The third-order valence-corrected chi connectivity index (χ3v) is 3.55. The Kier molecular flexibility index (Phi) is 10.6. The van der Waals surface area contributed by atoms with Crippen LogP contribution in [0.4, 0.5) is 0 Å². The van der Waals surface area contributed by atoms with E-state index in [1.807, 2.05) is 36.5 Å². The minimum atomic E-state index is 0. The minimum Gasteiger partial charge on any atom is -0.265 e. The predicted octanol–water partition coefficient (Wildman–Crippen LogP) is 3.84. The topological polar surface area (TPSA) is 25.8 Å². The van der Waals surface area contributed by atoms with Gasteiger partial charge in [-0.3, -0.25) is 9.97 Å². The standard InChI is InChI=1S/C14H16N2S.2ClH/c1-7-15-8-2-13(1)5-11-17-12-6-14-3-9-16-10-4-14;;/h1-4,7-10H,5-6,11-12H2;2*1H. The predicted molar refractivity (Wildman–Crippen MR) is 87.7 cm³/mol. The van der Waals surface area contributed by atoms with Gasteiger partial charge in [-0.25, -0.2) is 0 Å². The second kappa shape index (κ2) is 11.1. The number of rotatable bonds is 6. The number of thioether (sulfide) groups is 1. The molecule has 19 heavy (non-hydrogen) atoms. The molecule has 0 aliphatic carbocycles. The Hall–Kier alpha value is -0.770. The highest BCUT2D eigenvalue weighted by atomic mass is 35.5. The van der Waals surface area contributed by atoms with E-state index in [9.17, 15) is 0 Å². The number of hydrogen-bond acceptors (Lipinski definition) is 3. The summed E-state index contributed by atoms with van der Waals surface area (Å²) in [5.41, 5.74) is 2.74. The Bertz CT molecular complexity index is 384. The van der Waals surface area contributed by atoms with E-state index in [1.165, 1.54) is 22.6 Å². The van der Waals surface area contributed by atoms with E-state index in [1.54, 1.807) is 0 Å². The molecule has 2 nitrogen and oxygen atoms in total. The van der Waals surface area contributed by atoms with Crippen LogP contribution in [0.3, 0.4) is 0 Å². The van der Waals surface area contributed by atoms with Crippen LogP contribution in [0.2, 0.25) is 0 Å². The first kappa shape index (κ1) is 18.2. The van der Waals surface area contributed by atoms with Crippen LogP contribution >= 0.6 is 36.6 Å². The van der Waals surface area contributed by atoms with Crippen LogP contribution in [0, 0.1) is 0 Å². The average molecular weight is 317 g/mol. The molecule has 0 saturated heterocycles. The SMILES string of the molecule is Cl.Cl.c1cc(CCSCCc2ccncc2)ccn1. The maximum atomic E-state index is 4.02. The number of halogens is 2. The van der Waals surface area contributed by atoms with Gasteiger partial charge in [0.1, 0.15) is 0 Å². The molecule has 0 aliphatic rings. The summed E-state index contributed by atoms with van der Waals surface area (Å²) < 4.78 is 0. The fraction of sp³-hybridized carbons (Fsp3) is 0.286. The van der Waals surface area contributed by atoms with Gasteiger partial charge in [0.05, 0.1) is 0 Å². The Morgan fingerprint density at radius 1 is 0.684 bits per heavy atom. The highest BCUT2D eigenvalue weighted by Crippen LogP contribution is 2.09. The van der Waals surface area contributed by atoms with E-state index in [4.69, 9.17) is 0 Å². The average Bonchev–Trinajstić information content (AvgIpc) is 2.41. The van der Waals surface area contributed by atoms with E-state index in [-0.39, 0.29) is 24.8 Å². The summed E-state index contributed by atoms with van der Waals surface area (Å²) in [5.74, 6) is 2.35. The van der Waals surface area contributed by atoms with Gasteiger partial charge in [0, 0.05) is 24.8 Å². The van der Waals surface area contributed by atoms with Gasteiger partial charge in [-0.1, -0.05) is 0 Å². The fourth-order valence-electron chi connectivity index (χ4n) is 1.58. The third kappa shape index (κ3) is 7.41. The van der Waals surface area contributed by atoms with E-state index in [0.717, 1.165) is 12.8 Å². The van der Waals surface area contributed by atoms with Gasteiger partial charge in [0.25, 0.3) is 0 Å². The minimum absolute atomic E-state index is 0. The molecule has 2 rings (SSSR count). The van der Waals surface area contributed by atoms with Crippen molar-refractivity contribution in [1.82, 2.24) is 9.97 Å². The molecule has 0 fully saturated rings. The van der Waals surface area contributed by atoms with Crippen molar-refractivity contribution in [3.63, 3.8) is 0 Å². The van der Waals surface area contributed by atoms with E-state index < -0.39 is 0 Å².